The van der Waals surface area contributed by atoms with Gasteiger partial charge < -0.3 is 9.84 Å². The molecule has 1 N–H and O–H groups in total. The number of aliphatic hydroxyl groups excluding tert-OH is 1. The van der Waals surface area contributed by atoms with E-state index in [2.05, 4.69) is 0 Å². The van der Waals surface area contributed by atoms with E-state index in [0.717, 1.165) is 6.42 Å². The Morgan fingerprint density at radius 1 is 1.71 bits per heavy atom. The minimum Gasteiger partial charge on any atom is -0.368 e. The molecule has 0 aromatic heterocycles. The van der Waals surface area contributed by atoms with E-state index in [1.165, 1.54) is 0 Å². The summed E-state index contributed by atoms with van der Waals surface area (Å²) >= 11 is 0. The lowest BCUT2D eigenvalue weighted by molar-refractivity contribution is -0.111. The average Bonchev–Trinajstić information content (AvgIpc) is 1.69. The standard InChI is InChI=1S/C5H9O2/c6-5-3-1-2-4-7-5/h1,5-6H,2-4H2. The average molecular weight is 101 g/mol. The van der Waals surface area contributed by atoms with Crippen LogP contribution in [0.2, 0.25) is 0 Å². The van der Waals surface area contributed by atoms with E-state index in [4.69, 9.17) is 9.84 Å². The third kappa shape index (κ3) is 1.45. The fourth-order valence-electron chi connectivity index (χ4n) is 0.616. The van der Waals surface area contributed by atoms with Crippen LogP contribution in [0, 0.1) is 6.42 Å². The first-order chi connectivity index (χ1) is 3.39. The second-order valence-electron chi connectivity index (χ2n) is 1.64. The van der Waals surface area contributed by atoms with Crippen LogP contribution in [0.25, 0.3) is 0 Å². The molecule has 41 valence electrons. The quantitative estimate of drug-likeness (QED) is 0.476. The van der Waals surface area contributed by atoms with Crippen LogP contribution in [0.1, 0.15) is 12.8 Å². The SMILES string of the molecule is OC1C[CH]CCO1. The fraction of sp³-hybridized carbons (Fsp3) is 0.800. The Morgan fingerprint density at radius 2 is 2.57 bits per heavy atom. The molecule has 0 amide bonds. The topological polar surface area (TPSA) is 29.5 Å². The molecule has 0 aromatic carbocycles. The molecular formula is C5H9O2. The van der Waals surface area contributed by atoms with Gasteiger partial charge in [0.1, 0.15) is 0 Å². The summed E-state index contributed by atoms with van der Waals surface area (Å²) in [6, 6.07) is 0. The van der Waals surface area contributed by atoms with E-state index in [9.17, 15) is 0 Å². The molecule has 0 aromatic rings. The van der Waals surface area contributed by atoms with Gasteiger partial charge in [0.2, 0.25) is 0 Å². The normalized spacial score (nSPS) is 33.0. The monoisotopic (exact) mass is 101 g/mol. The molecule has 2 heteroatoms. The smallest absolute Gasteiger partial charge is 0.154 e. The molecular weight excluding hydrogens is 92.1 g/mol. The van der Waals surface area contributed by atoms with Gasteiger partial charge >= 0.3 is 0 Å². The molecule has 1 heterocycles. The lowest BCUT2D eigenvalue weighted by Gasteiger charge is -2.15. The van der Waals surface area contributed by atoms with Gasteiger partial charge in [-0.3, -0.25) is 0 Å². The van der Waals surface area contributed by atoms with Gasteiger partial charge in [0.05, 0.1) is 0 Å². The van der Waals surface area contributed by atoms with Crippen molar-refractivity contribution >= 4 is 0 Å². The molecule has 1 atom stereocenters. The fourth-order valence-corrected chi connectivity index (χ4v) is 0.616. The Labute approximate surface area is 43.1 Å². The Hall–Kier alpha value is -0.0800. The number of hydrogen-bond donors (Lipinski definition) is 1. The van der Waals surface area contributed by atoms with Crippen LogP contribution in [0.5, 0.6) is 0 Å². The molecule has 0 saturated carbocycles. The van der Waals surface area contributed by atoms with Gasteiger partial charge in [-0.05, 0) is 12.8 Å². The number of ether oxygens (including phenoxy) is 1. The minimum absolute atomic E-state index is 0.520. The van der Waals surface area contributed by atoms with E-state index in [1.807, 2.05) is 6.42 Å². The molecule has 1 rings (SSSR count). The van der Waals surface area contributed by atoms with E-state index in [-0.39, 0.29) is 0 Å². The van der Waals surface area contributed by atoms with Gasteiger partial charge in [-0.1, -0.05) is 0 Å². The highest BCUT2D eigenvalue weighted by atomic mass is 16.6. The maximum atomic E-state index is 8.66. The van der Waals surface area contributed by atoms with Crippen LogP contribution in [-0.2, 0) is 4.74 Å². The zero-order valence-corrected chi connectivity index (χ0v) is 4.13. The van der Waals surface area contributed by atoms with Crippen LogP contribution in [0.3, 0.4) is 0 Å². The Bertz CT molecular complexity index is 48.0. The first-order valence-corrected chi connectivity index (χ1v) is 2.51. The van der Waals surface area contributed by atoms with E-state index in [0.29, 0.717) is 13.0 Å². The predicted molar refractivity (Wildman–Crippen MR) is 25.5 cm³/mol. The summed E-state index contributed by atoms with van der Waals surface area (Å²) in [6.45, 7) is 0.682. The molecule has 2 nitrogen and oxygen atoms in total. The molecule has 7 heavy (non-hydrogen) atoms. The van der Waals surface area contributed by atoms with Gasteiger partial charge in [-0.15, -0.1) is 0 Å². The van der Waals surface area contributed by atoms with Crippen molar-refractivity contribution in [3.05, 3.63) is 6.42 Å². The van der Waals surface area contributed by atoms with Crippen molar-refractivity contribution in [1.29, 1.82) is 0 Å². The van der Waals surface area contributed by atoms with Crippen LogP contribution in [0.4, 0.5) is 0 Å². The molecule has 1 fully saturated rings. The maximum absolute atomic E-state index is 8.66. The summed E-state index contributed by atoms with van der Waals surface area (Å²) in [6.07, 6.45) is 3.19. The van der Waals surface area contributed by atoms with Crippen molar-refractivity contribution in [3.8, 4) is 0 Å². The zero-order chi connectivity index (χ0) is 5.11. The van der Waals surface area contributed by atoms with Gasteiger partial charge in [0.25, 0.3) is 0 Å². The third-order valence-corrected chi connectivity index (χ3v) is 1.00. The van der Waals surface area contributed by atoms with Gasteiger partial charge in [0, 0.05) is 13.0 Å². The highest BCUT2D eigenvalue weighted by Crippen LogP contribution is 2.07. The lowest BCUT2D eigenvalue weighted by Crippen LogP contribution is -2.17. The summed E-state index contributed by atoms with van der Waals surface area (Å²) in [5.41, 5.74) is 0. The van der Waals surface area contributed by atoms with Crippen molar-refractivity contribution in [3.63, 3.8) is 0 Å². The van der Waals surface area contributed by atoms with Gasteiger partial charge in [0.15, 0.2) is 6.29 Å². The third-order valence-electron chi connectivity index (χ3n) is 1.00. The Morgan fingerprint density at radius 3 is 2.86 bits per heavy atom. The first-order valence-electron chi connectivity index (χ1n) is 2.51. The molecule has 1 saturated heterocycles. The molecule has 0 aliphatic carbocycles. The predicted octanol–water partition coefficient (Wildman–Crippen LogP) is 0.319. The lowest BCUT2D eigenvalue weighted by atomic mass is 10.2. The van der Waals surface area contributed by atoms with Crippen LogP contribution in [0.15, 0.2) is 0 Å². The molecule has 1 radical (unpaired) electrons. The second kappa shape index (κ2) is 2.28. The van der Waals surface area contributed by atoms with Crippen LogP contribution in [-0.4, -0.2) is 18.0 Å². The van der Waals surface area contributed by atoms with Crippen LogP contribution >= 0.6 is 0 Å². The summed E-state index contributed by atoms with van der Waals surface area (Å²) in [5.74, 6) is 0. The van der Waals surface area contributed by atoms with Crippen molar-refractivity contribution in [2.24, 2.45) is 0 Å². The van der Waals surface area contributed by atoms with E-state index < -0.39 is 6.29 Å². The highest BCUT2D eigenvalue weighted by molar-refractivity contribution is 4.69. The Kier molecular flexibility index (Phi) is 1.65. The largest absolute Gasteiger partial charge is 0.368 e. The van der Waals surface area contributed by atoms with Crippen molar-refractivity contribution < 1.29 is 9.84 Å². The summed E-state index contributed by atoms with van der Waals surface area (Å²) < 4.78 is 4.80. The van der Waals surface area contributed by atoms with Crippen molar-refractivity contribution in [1.82, 2.24) is 0 Å². The second-order valence-corrected chi connectivity index (χ2v) is 1.64. The number of hydrogen-bond acceptors (Lipinski definition) is 2. The van der Waals surface area contributed by atoms with E-state index >= 15 is 0 Å². The summed E-state index contributed by atoms with van der Waals surface area (Å²) in [7, 11) is 0. The van der Waals surface area contributed by atoms with Gasteiger partial charge in [-0.2, -0.15) is 0 Å². The Balaban J connectivity index is 2.12. The molecule has 1 unspecified atom stereocenters. The van der Waals surface area contributed by atoms with E-state index in [1.54, 1.807) is 0 Å². The first kappa shape index (κ1) is 5.06. The van der Waals surface area contributed by atoms with Crippen molar-refractivity contribution in [2.75, 3.05) is 6.61 Å². The molecule has 1 aliphatic heterocycles. The highest BCUT2D eigenvalue weighted by Gasteiger charge is 2.07. The van der Waals surface area contributed by atoms with Gasteiger partial charge in [-0.25, -0.2) is 0 Å². The van der Waals surface area contributed by atoms with Crippen molar-refractivity contribution in [2.45, 2.75) is 19.1 Å². The molecule has 1 aliphatic rings. The molecule has 0 spiro atoms. The number of aliphatic hydroxyl groups is 1. The summed E-state index contributed by atoms with van der Waals surface area (Å²) in [4.78, 5) is 0. The molecule has 0 bridgehead atoms. The number of rotatable bonds is 0. The van der Waals surface area contributed by atoms with Crippen LogP contribution < -0.4 is 0 Å². The minimum atomic E-state index is -0.520. The maximum Gasteiger partial charge on any atom is 0.154 e. The zero-order valence-electron chi connectivity index (χ0n) is 4.13. The summed E-state index contributed by atoms with van der Waals surface area (Å²) in [5, 5.41) is 8.66.